The van der Waals surface area contributed by atoms with E-state index in [-0.39, 0.29) is 11.8 Å². The number of aromatic hydroxyl groups is 1. The molecule has 0 saturated carbocycles. The number of hydrogen-bond donors (Lipinski definition) is 2. The maximum absolute atomic E-state index is 9.79. The van der Waals surface area contributed by atoms with E-state index in [2.05, 4.69) is 0 Å². The third-order valence-corrected chi connectivity index (χ3v) is 3.33. The lowest BCUT2D eigenvalue weighted by Gasteiger charge is -2.12. The Balaban J connectivity index is 2.38. The van der Waals surface area contributed by atoms with Gasteiger partial charge in [0.2, 0.25) is 0 Å². The molecule has 1 atom stereocenters. The number of phenols is 1. The number of phenolic OH excluding ortho intramolecular Hbond substituents is 1. The number of thiophene rings is 1. The lowest BCUT2D eigenvalue weighted by atomic mass is 10.0. The van der Waals surface area contributed by atoms with Crippen molar-refractivity contribution in [3.63, 3.8) is 0 Å². The molecule has 0 radical (unpaired) electrons. The maximum atomic E-state index is 9.79. The molecule has 0 aliphatic heterocycles. The van der Waals surface area contributed by atoms with Gasteiger partial charge in [0.25, 0.3) is 0 Å². The molecule has 2 nitrogen and oxygen atoms in total. The summed E-state index contributed by atoms with van der Waals surface area (Å²) in [6.45, 7) is 1.94. The van der Waals surface area contributed by atoms with Gasteiger partial charge in [-0.15, -0.1) is 11.3 Å². The molecule has 0 spiro atoms. The predicted octanol–water partition coefficient (Wildman–Crippen LogP) is 2.81. The van der Waals surface area contributed by atoms with E-state index in [9.17, 15) is 5.11 Å². The summed E-state index contributed by atoms with van der Waals surface area (Å²) in [5.41, 5.74) is 7.88. The van der Waals surface area contributed by atoms with Gasteiger partial charge in [0, 0.05) is 10.4 Å². The van der Waals surface area contributed by atoms with E-state index in [0.717, 1.165) is 16.0 Å². The van der Waals surface area contributed by atoms with Crippen molar-refractivity contribution in [3.8, 4) is 5.75 Å². The van der Waals surface area contributed by atoms with E-state index in [1.54, 1.807) is 17.4 Å². The minimum Gasteiger partial charge on any atom is -0.508 e. The van der Waals surface area contributed by atoms with Gasteiger partial charge in [0.1, 0.15) is 5.75 Å². The summed E-state index contributed by atoms with van der Waals surface area (Å²) in [6, 6.07) is 9.30. The van der Waals surface area contributed by atoms with Crippen LogP contribution in [0.3, 0.4) is 0 Å². The number of benzene rings is 1. The minimum absolute atomic E-state index is 0.231. The summed E-state index contributed by atoms with van der Waals surface area (Å²) in [7, 11) is 0. The Kier molecular flexibility index (Phi) is 2.75. The Labute approximate surface area is 93.0 Å². The highest BCUT2D eigenvalue weighted by atomic mass is 32.1. The van der Waals surface area contributed by atoms with E-state index in [4.69, 9.17) is 5.73 Å². The Morgan fingerprint density at radius 2 is 2.13 bits per heavy atom. The van der Waals surface area contributed by atoms with Crippen LogP contribution in [0.2, 0.25) is 0 Å². The standard InChI is InChI=1S/C12H13NOS/c1-8-4-5-9(10(14)7-8)12(13)11-3-2-6-15-11/h2-7,12,14H,13H2,1H3/t12-/m1/s1. The molecule has 0 aliphatic rings. The van der Waals surface area contributed by atoms with Crippen molar-refractivity contribution in [2.75, 3.05) is 0 Å². The number of hydrogen-bond acceptors (Lipinski definition) is 3. The third-order valence-electron chi connectivity index (χ3n) is 2.37. The van der Waals surface area contributed by atoms with Crippen LogP contribution < -0.4 is 5.73 Å². The van der Waals surface area contributed by atoms with Gasteiger partial charge in [-0.2, -0.15) is 0 Å². The SMILES string of the molecule is Cc1ccc([C@@H](N)c2cccs2)c(O)c1. The summed E-state index contributed by atoms with van der Waals surface area (Å²) in [5, 5.41) is 11.8. The van der Waals surface area contributed by atoms with Gasteiger partial charge < -0.3 is 10.8 Å². The summed E-state index contributed by atoms with van der Waals surface area (Å²) in [5.74, 6) is 0.274. The van der Waals surface area contributed by atoms with Crippen LogP contribution in [-0.2, 0) is 0 Å². The molecule has 2 aromatic rings. The van der Waals surface area contributed by atoms with Crippen molar-refractivity contribution in [2.45, 2.75) is 13.0 Å². The highest BCUT2D eigenvalue weighted by molar-refractivity contribution is 7.10. The molecule has 15 heavy (non-hydrogen) atoms. The van der Waals surface area contributed by atoms with Crippen molar-refractivity contribution >= 4 is 11.3 Å². The first kappa shape index (κ1) is 10.2. The lowest BCUT2D eigenvalue weighted by molar-refractivity contribution is 0.465. The molecule has 3 N–H and O–H groups in total. The van der Waals surface area contributed by atoms with Crippen LogP contribution in [0.5, 0.6) is 5.75 Å². The van der Waals surface area contributed by atoms with Crippen molar-refractivity contribution in [3.05, 3.63) is 51.7 Å². The predicted molar refractivity (Wildman–Crippen MR) is 63.2 cm³/mol. The van der Waals surface area contributed by atoms with Gasteiger partial charge in [0.15, 0.2) is 0 Å². The van der Waals surface area contributed by atoms with Crippen molar-refractivity contribution in [1.82, 2.24) is 0 Å². The second kappa shape index (κ2) is 4.04. The zero-order chi connectivity index (χ0) is 10.8. The molecule has 0 unspecified atom stereocenters. The largest absolute Gasteiger partial charge is 0.508 e. The lowest BCUT2D eigenvalue weighted by Crippen LogP contribution is -2.10. The normalized spacial score (nSPS) is 12.7. The first-order valence-corrected chi connectivity index (χ1v) is 5.65. The van der Waals surface area contributed by atoms with E-state index in [1.165, 1.54) is 0 Å². The summed E-state index contributed by atoms with van der Waals surface area (Å²) >= 11 is 1.60. The first-order chi connectivity index (χ1) is 7.18. The quantitative estimate of drug-likeness (QED) is 0.815. The van der Waals surface area contributed by atoms with Crippen molar-refractivity contribution in [2.24, 2.45) is 5.73 Å². The van der Waals surface area contributed by atoms with Gasteiger partial charge in [-0.05, 0) is 30.0 Å². The Hall–Kier alpha value is -1.32. The van der Waals surface area contributed by atoms with Crippen LogP contribution in [-0.4, -0.2) is 5.11 Å². The molecular weight excluding hydrogens is 206 g/mol. The molecule has 2 rings (SSSR count). The van der Waals surface area contributed by atoms with Crippen LogP contribution in [0.15, 0.2) is 35.7 Å². The van der Waals surface area contributed by atoms with Crippen LogP contribution in [0, 0.1) is 6.92 Å². The van der Waals surface area contributed by atoms with Gasteiger partial charge in [-0.1, -0.05) is 18.2 Å². The molecule has 1 heterocycles. The molecule has 0 fully saturated rings. The molecule has 1 aromatic heterocycles. The second-order valence-electron chi connectivity index (χ2n) is 3.56. The molecule has 0 bridgehead atoms. The topological polar surface area (TPSA) is 46.2 Å². The zero-order valence-corrected chi connectivity index (χ0v) is 9.29. The zero-order valence-electron chi connectivity index (χ0n) is 8.47. The maximum Gasteiger partial charge on any atom is 0.120 e. The fraction of sp³-hybridized carbons (Fsp3) is 0.167. The highest BCUT2D eigenvalue weighted by Gasteiger charge is 2.13. The first-order valence-electron chi connectivity index (χ1n) is 4.77. The fourth-order valence-corrected chi connectivity index (χ4v) is 2.28. The Morgan fingerprint density at radius 1 is 1.33 bits per heavy atom. The van der Waals surface area contributed by atoms with E-state index in [1.807, 2.05) is 36.6 Å². The molecule has 3 heteroatoms. The molecule has 1 aromatic carbocycles. The smallest absolute Gasteiger partial charge is 0.120 e. The average Bonchev–Trinajstić information content (AvgIpc) is 2.69. The monoisotopic (exact) mass is 219 g/mol. The summed E-state index contributed by atoms with van der Waals surface area (Å²) < 4.78 is 0. The van der Waals surface area contributed by atoms with Crippen LogP contribution >= 0.6 is 11.3 Å². The average molecular weight is 219 g/mol. The van der Waals surface area contributed by atoms with Gasteiger partial charge in [-0.3, -0.25) is 0 Å². The van der Waals surface area contributed by atoms with E-state index >= 15 is 0 Å². The summed E-state index contributed by atoms with van der Waals surface area (Å²) in [6.07, 6.45) is 0. The van der Waals surface area contributed by atoms with E-state index in [0.29, 0.717) is 0 Å². The van der Waals surface area contributed by atoms with E-state index < -0.39 is 0 Å². The number of nitrogens with two attached hydrogens (primary N) is 1. The fourth-order valence-electron chi connectivity index (χ4n) is 1.54. The van der Waals surface area contributed by atoms with Gasteiger partial charge >= 0.3 is 0 Å². The molecular formula is C12H13NOS. The number of rotatable bonds is 2. The van der Waals surface area contributed by atoms with Gasteiger partial charge in [-0.25, -0.2) is 0 Å². The molecule has 0 saturated heterocycles. The molecule has 0 amide bonds. The van der Waals surface area contributed by atoms with Crippen molar-refractivity contribution in [1.29, 1.82) is 0 Å². The van der Waals surface area contributed by atoms with Gasteiger partial charge in [0.05, 0.1) is 6.04 Å². The Morgan fingerprint density at radius 3 is 2.73 bits per heavy atom. The third kappa shape index (κ3) is 2.03. The second-order valence-corrected chi connectivity index (χ2v) is 4.53. The number of aryl methyl sites for hydroxylation is 1. The molecule has 0 aliphatic carbocycles. The Bertz CT molecular complexity index is 451. The van der Waals surface area contributed by atoms with Crippen LogP contribution in [0.1, 0.15) is 22.0 Å². The van der Waals surface area contributed by atoms with Crippen LogP contribution in [0.4, 0.5) is 0 Å². The van der Waals surface area contributed by atoms with Crippen LogP contribution in [0.25, 0.3) is 0 Å². The summed E-state index contributed by atoms with van der Waals surface area (Å²) in [4.78, 5) is 1.06. The minimum atomic E-state index is -0.231. The van der Waals surface area contributed by atoms with Crippen molar-refractivity contribution < 1.29 is 5.11 Å². The molecule has 78 valence electrons. The highest BCUT2D eigenvalue weighted by Crippen LogP contribution is 2.30.